The average molecular weight is 404 g/mol. The molecule has 2 saturated heterocycles. The molecule has 1 saturated carbocycles. The summed E-state index contributed by atoms with van der Waals surface area (Å²) in [7, 11) is -2.88. The first kappa shape index (κ1) is 15.3. The van der Waals surface area contributed by atoms with Crippen molar-refractivity contribution in [3.63, 3.8) is 0 Å². The SMILES string of the molecule is [2H]C([2H])([2H])Oc1c(N2C[C@@H]3CCCN[C@@H]3C2)c(F)cc2c(=O)c(C(=O)O)cn(C3CC3)c12. The van der Waals surface area contributed by atoms with Crippen LogP contribution in [0.3, 0.4) is 0 Å². The Hall–Kier alpha value is -2.61. The van der Waals surface area contributed by atoms with Crippen molar-refractivity contribution in [2.24, 2.45) is 5.92 Å². The van der Waals surface area contributed by atoms with Gasteiger partial charge in [0.05, 0.1) is 22.1 Å². The Morgan fingerprint density at radius 1 is 1.38 bits per heavy atom. The molecular weight excluding hydrogens is 377 g/mol. The van der Waals surface area contributed by atoms with Gasteiger partial charge < -0.3 is 24.6 Å². The molecular formula is C21H24FN3O4. The number of rotatable bonds is 4. The predicted octanol–water partition coefficient (Wildman–Crippen LogP) is 2.37. The zero-order valence-electron chi connectivity index (χ0n) is 18.8. The summed E-state index contributed by atoms with van der Waals surface area (Å²) in [5.41, 5.74) is -1.19. The fourth-order valence-electron chi connectivity index (χ4n) is 4.86. The molecule has 29 heavy (non-hydrogen) atoms. The molecule has 2 aromatic rings. The van der Waals surface area contributed by atoms with Crippen molar-refractivity contribution in [1.29, 1.82) is 0 Å². The molecule has 5 rings (SSSR count). The lowest BCUT2D eigenvalue weighted by Gasteiger charge is -2.25. The quantitative estimate of drug-likeness (QED) is 0.814. The Labute approximate surface area is 171 Å². The molecule has 3 aliphatic rings. The van der Waals surface area contributed by atoms with Crippen molar-refractivity contribution < 1.29 is 23.1 Å². The highest BCUT2D eigenvalue weighted by Crippen LogP contribution is 2.45. The van der Waals surface area contributed by atoms with Gasteiger partial charge in [-0.05, 0) is 44.2 Å². The van der Waals surface area contributed by atoms with Crippen LogP contribution in [0, 0.1) is 11.7 Å². The maximum Gasteiger partial charge on any atom is 0.341 e. The molecule has 2 N–H and O–H groups in total. The molecule has 3 heterocycles. The van der Waals surface area contributed by atoms with Crippen LogP contribution in [-0.4, -0.2) is 48.4 Å². The number of aromatic nitrogens is 1. The fraction of sp³-hybridized carbons (Fsp3) is 0.524. The summed E-state index contributed by atoms with van der Waals surface area (Å²) in [5.74, 6) is -2.12. The molecule has 0 spiro atoms. The molecule has 3 fully saturated rings. The van der Waals surface area contributed by atoms with Crippen molar-refractivity contribution in [2.75, 3.05) is 31.6 Å². The first-order valence-electron chi connectivity index (χ1n) is 11.5. The maximum atomic E-state index is 15.5. The molecule has 0 unspecified atom stereocenters. The van der Waals surface area contributed by atoms with Crippen molar-refractivity contribution in [1.82, 2.24) is 9.88 Å². The third kappa shape index (κ3) is 2.88. The number of ether oxygens (including phenoxy) is 1. The number of benzene rings is 1. The van der Waals surface area contributed by atoms with Gasteiger partial charge in [-0.2, -0.15) is 0 Å². The largest absolute Gasteiger partial charge is 0.492 e. The molecule has 0 bridgehead atoms. The van der Waals surface area contributed by atoms with Gasteiger partial charge in [0, 0.05) is 31.4 Å². The molecule has 7 nitrogen and oxygen atoms in total. The number of nitrogens with zero attached hydrogens (tertiary/aromatic N) is 2. The number of anilines is 1. The van der Waals surface area contributed by atoms with Gasteiger partial charge in [0.15, 0.2) is 11.6 Å². The number of hydrogen-bond acceptors (Lipinski definition) is 5. The van der Waals surface area contributed by atoms with Crippen LogP contribution < -0.4 is 20.4 Å². The predicted molar refractivity (Wildman–Crippen MR) is 107 cm³/mol. The third-order valence-corrected chi connectivity index (χ3v) is 6.39. The van der Waals surface area contributed by atoms with E-state index in [9.17, 15) is 14.7 Å². The van der Waals surface area contributed by atoms with Gasteiger partial charge in [0.25, 0.3) is 0 Å². The fourth-order valence-corrected chi connectivity index (χ4v) is 4.86. The van der Waals surface area contributed by atoms with Crippen LogP contribution in [0.4, 0.5) is 10.1 Å². The summed E-state index contributed by atoms with van der Waals surface area (Å²) in [6.45, 7) is 1.91. The summed E-state index contributed by atoms with van der Waals surface area (Å²) in [6.07, 6.45) is 4.73. The van der Waals surface area contributed by atoms with Crippen molar-refractivity contribution in [3.8, 4) is 5.75 Å². The van der Waals surface area contributed by atoms with Crippen molar-refractivity contribution in [2.45, 2.75) is 37.8 Å². The monoisotopic (exact) mass is 404 g/mol. The van der Waals surface area contributed by atoms with Gasteiger partial charge >= 0.3 is 5.97 Å². The number of halogens is 1. The Balaban J connectivity index is 1.77. The lowest BCUT2D eigenvalue weighted by Crippen LogP contribution is -2.40. The molecule has 2 atom stereocenters. The normalized spacial score (nSPS) is 26.0. The van der Waals surface area contributed by atoms with Crippen LogP contribution in [-0.2, 0) is 0 Å². The van der Waals surface area contributed by atoms with E-state index in [-0.39, 0.29) is 34.4 Å². The van der Waals surface area contributed by atoms with E-state index in [0.29, 0.717) is 19.0 Å². The van der Waals surface area contributed by atoms with E-state index in [1.165, 1.54) is 6.20 Å². The highest BCUT2D eigenvalue weighted by molar-refractivity contribution is 5.97. The zero-order chi connectivity index (χ0) is 22.8. The number of carboxylic acid groups (broad SMARTS) is 1. The minimum atomic E-state index is -2.88. The van der Waals surface area contributed by atoms with Crippen LogP contribution in [0.5, 0.6) is 5.75 Å². The van der Waals surface area contributed by atoms with Gasteiger partial charge in [0.2, 0.25) is 5.43 Å². The lowest BCUT2D eigenvalue weighted by atomic mass is 9.94. The summed E-state index contributed by atoms with van der Waals surface area (Å²) >= 11 is 0. The van der Waals surface area contributed by atoms with Crippen LogP contribution >= 0.6 is 0 Å². The number of nitrogens with one attached hydrogen (secondary N) is 1. The number of piperidine rings is 1. The van der Waals surface area contributed by atoms with Crippen molar-refractivity contribution >= 4 is 22.6 Å². The number of carbonyl (C=O) groups is 1. The van der Waals surface area contributed by atoms with E-state index >= 15 is 4.39 Å². The number of methoxy groups -OCH3 is 1. The molecule has 1 aliphatic carbocycles. The van der Waals surface area contributed by atoms with Gasteiger partial charge in [-0.15, -0.1) is 0 Å². The Morgan fingerprint density at radius 3 is 2.90 bits per heavy atom. The minimum absolute atomic E-state index is 0.0155. The topological polar surface area (TPSA) is 83.8 Å². The van der Waals surface area contributed by atoms with E-state index in [2.05, 4.69) is 5.32 Å². The number of aromatic carboxylic acids is 1. The molecule has 0 radical (unpaired) electrons. The van der Waals surface area contributed by atoms with Gasteiger partial charge in [-0.25, -0.2) is 9.18 Å². The van der Waals surface area contributed by atoms with Crippen LogP contribution in [0.2, 0.25) is 0 Å². The second-order valence-electron chi connectivity index (χ2n) is 8.22. The lowest BCUT2D eigenvalue weighted by molar-refractivity contribution is 0.0695. The molecule has 154 valence electrons. The number of hydrogen-bond donors (Lipinski definition) is 2. The Morgan fingerprint density at radius 2 is 2.21 bits per heavy atom. The molecule has 2 aliphatic heterocycles. The third-order valence-electron chi connectivity index (χ3n) is 6.39. The standard InChI is InChI=1S/C21H24FN3O4/c1-29-20-17-13(19(26)14(21(27)28)9-25(17)12-4-5-12)7-15(22)18(20)24-8-11-3-2-6-23-16(11)10-24/h7,9,11-12,16,23H,2-6,8,10H2,1H3,(H,27,28)/t11-,16+/m0/s1/i1D3. The summed E-state index contributed by atoms with van der Waals surface area (Å²) in [5, 5.41) is 12.7. The van der Waals surface area contributed by atoms with Crippen LogP contribution in [0.1, 0.15) is 46.2 Å². The maximum absolute atomic E-state index is 15.5. The van der Waals surface area contributed by atoms with Crippen LogP contribution in [0.25, 0.3) is 10.9 Å². The highest BCUT2D eigenvalue weighted by Gasteiger charge is 2.38. The summed E-state index contributed by atoms with van der Waals surface area (Å²) < 4.78 is 45.5. The van der Waals surface area contributed by atoms with Crippen molar-refractivity contribution in [3.05, 3.63) is 33.9 Å². The molecule has 1 aromatic carbocycles. The second kappa shape index (κ2) is 6.73. The number of carboxylic acids is 1. The zero-order valence-corrected chi connectivity index (χ0v) is 15.8. The first-order chi connectivity index (χ1) is 15.1. The summed E-state index contributed by atoms with van der Waals surface area (Å²) in [6, 6.07) is 1.09. The van der Waals surface area contributed by atoms with E-state index in [1.54, 1.807) is 9.47 Å². The number of fused-ring (bicyclic) bond motifs is 2. The van der Waals surface area contributed by atoms with E-state index in [1.807, 2.05) is 0 Å². The summed E-state index contributed by atoms with van der Waals surface area (Å²) in [4.78, 5) is 26.3. The van der Waals surface area contributed by atoms with E-state index in [0.717, 1.165) is 38.3 Å². The molecule has 8 heteroatoms. The Bertz CT molecular complexity index is 1150. The van der Waals surface area contributed by atoms with Crippen LogP contribution in [0.15, 0.2) is 17.1 Å². The Kier molecular flexibility index (Phi) is 3.54. The van der Waals surface area contributed by atoms with E-state index < -0.39 is 29.8 Å². The molecule has 1 aromatic heterocycles. The van der Waals surface area contributed by atoms with Gasteiger partial charge in [-0.3, -0.25) is 4.79 Å². The molecule has 0 amide bonds. The van der Waals surface area contributed by atoms with Gasteiger partial charge in [0.1, 0.15) is 11.3 Å². The average Bonchev–Trinajstić information content (AvgIpc) is 3.46. The first-order valence-corrected chi connectivity index (χ1v) is 9.96. The van der Waals surface area contributed by atoms with E-state index in [4.69, 9.17) is 8.85 Å². The second-order valence-corrected chi connectivity index (χ2v) is 8.22. The minimum Gasteiger partial charge on any atom is -0.492 e. The highest BCUT2D eigenvalue weighted by atomic mass is 19.1. The number of pyridine rings is 1. The van der Waals surface area contributed by atoms with Gasteiger partial charge in [-0.1, -0.05) is 0 Å². The smallest absolute Gasteiger partial charge is 0.341 e.